The molecule has 35 heavy (non-hydrogen) atoms. The molecule has 0 unspecified atom stereocenters. The highest BCUT2D eigenvalue weighted by atomic mass is 32.1. The van der Waals surface area contributed by atoms with Gasteiger partial charge in [-0.3, -0.25) is 19.3 Å². The Hall–Kier alpha value is -3.64. The minimum Gasteiger partial charge on any atom is -0.486 e. The van der Waals surface area contributed by atoms with E-state index < -0.39 is 23.4 Å². The van der Waals surface area contributed by atoms with Gasteiger partial charge in [0.05, 0.1) is 5.69 Å². The fourth-order valence-electron chi connectivity index (χ4n) is 3.56. The molecule has 0 spiro atoms. The smallest absolute Gasteiger partial charge is 0.273 e. The first-order valence-corrected chi connectivity index (χ1v) is 12.4. The number of primary amides is 1. The fourth-order valence-corrected chi connectivity index (χ4v) is 5.12. The van der Waals surface area contributed by atoms with Crippen molar-refractivity contribution >= 4 is 52.0 Å². The Balaban J connectivity index is 1.88. The highest BCUT2D eigenvalue weighted by Crippen LogP contribution is 2.39. The normalized spacial score (nSPS) is 13.7. The van der Waals surface area contributed by atoms with Crippen molar-refractivity contribution in [2.75, 3.05) is 23.8 Å². The van der Waals surface area contributed by atoms with E-state index >= 15 is 0 Å². The molecule has 2 aromatic heterocycles. The molecule has 0 radical (unpaired) electrons. The van der Waals surface area contributed by atoms with Crippen molar-refractivity contribution in [3.63, 3.8) is 0 Å². The molecular weight excluding hydrogens is 490 g/mol. The van der Waals surface area contributed by atoms with E-state index in [4.69, 9.17) is 20.9 Å². The molecule has 3 heterocycles. The van der Waals surface area contributed by atoms with Gasteiger partial charge in [0, 0.05) is 22.2 Å². The highest BCUT2D eigenvalue weighted by molar-refractivity contribution is 7.10. The molecule has 0 saturated carbocycles. The average molecular weight is 516 g/mol. The summed E-state index contributed by atoms with van der Waals surface area (Å²) < 4.78 is 15.3. The number of carbonyl (C=O) groups excluding carboxylic acids is 3. The van der Waals surface area contributed by atoms with Crippen LogP contribution in [0, 0.1) is 0 Å². The lowest BCUT2D eigenvalue weighted by Gasteiger charge is -2.33. The number of carbonyl (C=O) groups is 3. The van der Waals surface area contributed by atoms with Crippen LogP contribution in [0.5, 0.6) is 11.5 Å². The minimum atomic E-state index is -1.04. The number of nitrogen functional groups attached to an aromatic ring is 1. The average Bonchev–Trinajstić information content (AvgIpc) is 3.45. The van der Waals surface area contributed by atoms with Gasteiger partial charge in [-0.25, -0.2) is 0 Å². The van der Waals surface area contributed by atoms with Crippen LogP contribution in [0.4, 0.5) is 11.4 Å². The van der Waals surface area contributed by atoms with Crippen LogP contribution in [0.2, 0.25) is 0 Å². The maximum atomic E-state index is 14.0. The van der Waals surface area contributed by atoms with E-state index in [1.165, 1.54) is 16.2 Å². The molecule has 3 amide bonds. The van der Waals surface area contributed by atoms with Crippen LogP contribution in [0.25, 0.3) is 0 Å². The van der Waals surface area contributed by atoms with E-state index in [1.54, 1.807) is 30.3 Å². The summed E-state index contributed by atoms with van der Waals surface area (Å²) in [5.41, 5.74) is 10.9. The largest absolute Gasteiger partial charge is 0.486 e. The number of ether oxygens (including phenoxy) is 2. The molecule has 3 aromatic rings. The number of amides is 3. The van der Waals surface area contributed by atoms with Crippen molar-refractivity contribution in [2.45, 2.75) is 32.4 Å². The van der Waals surface area contributed by atoms with Crippen LogP contribution in [-0.4, -0.2) is 40.8 Å². The van der Waals surface area contributed by atoms with Crippen molar-refractivity contribution in [1.29, 1.82) is 0 Å². The van der Waals surface area contributed by atoms with Gasteiger partial charge in [0.1, 0.15) is 18.1 Å². The molecule has 0 bridgehead atoms. The predicted octanol–water partition coefficient (Wildman–Crippen LogP) is 2.96. The number of nitrogens with one attached hydrogen (secondary N) is 1. The van der Waals surface area contributed by atoms with Crippen molar-refractivity contribution in [2.24, 2.45) is 5.73 Å². The van der Waals surface area contributed by atoms with E-state index in [2.05, 4.69) is 9.69 Å². The molecule has 12 heteroatoms. The second kappa shape index (κ2) is 9.55. The Morgan fingerprint density at radius 2 is 1.86 bits per heavy atom. The van der Waals surface area contributed by atoms with Gasteiger partial charge in [0.25, 0.3) is 11.8 Å². The van der Waals surface area contributed by atoms with E-state index in [0.717, 1.165) is 11.5 Å². The van der Waals surface area contributed by atoms with Crippen LogP contribution in [0.3, 0.4) is 0 Å². The van der Waals surface area contributed by atoms with Gasteiger partial charge < -0.3 is 26.3 Å². The quantitative estimate of drug-likeness (QED) is 0.457. The first-order valence-electron chi connectivity index (χ1n) is 10.7. The first kappa shape index (κ1) is 24.5. The Kier molecular flexibility index (Phi) is 6.68. The predicted molar refractivity (Wildman–Crippen MR) is 134 cm³/mol. The Labute approximate surface area is 210 Å². The zero-order chi connectivity index (χ0) is 25.3. The molecule has 1 aromatic carbocycles. The molecule has 1 aliphatic heterocycles. The summed E-state index contributed by atoms with van der Waals surface area (Å²) in [7, 11) is 0. The standard InChI is InChI=1S/C23H25N5O5S2/c1-23(2,3)26-21(30)18(15-5-4-10-34-15)28(12-6-7-13-14(11-12)33-9-8-32-13)22(31)19-16(24)17(20(25)29)27-35-19/h4-7,10-11,18H,8-9,24H2,1-3H3,(H2,25,29)(H,26,30)/t18-/m1/s1. The first-order chi connectivity index (χ1) is 16.6. The number of aromatic nitrogens is 1. The lowest BCUT2D eigenvalue weighted by Crippen LogP contribution is -2.49. The molecule has 1 atom stereocenters. The number of nitrogens with zero attached hydrogens (tertiary/aromatic N) is 2. The maximum Gasteiger partial charge on any atom is 0.273 e. The van der Waals surface area contributed by atoms with E-state index in [9.17, 15) is 14.4 Å². The second-order valence-electron chi connectivity index (χ2n) is 8.80. The third-order valence-electron chi connectivity index (χ3n) is 5.00. The number of fused-ring (bicyclic) bond motifs is 1. The van der Waals surface area contributed by atoms with E-state index in [0.29, 0.717) is 35.3 Å². The summed E-state index contributed by atoms with van der Waals surface area (Å²) in [5.74, 6) is -0.854. The monoisotopic (exact) mass is 515 g/mol. The number of rotatable bonds is 6. The molecule has 184 valence electrons. The summed E-state index contributed by atoms with van der Waals surface area (Å²) >= 11 is 2.09. The van der Waals surface area contributed by atoms with Crippen molar-refractivity contribution in [3.8, 4) is 11.5 Å². The van der Waals surface area contributed by atoms with Gasteiger partial charge in [-0.1, -0.05) is 6.07 Å². The maximum absolute atomic E-state index is 14.0. The lowest BCUT2D eigenvalue weighted by molar-refractivity contribution is -0.123. The minimum absolute atomic E-state index is 0.00111. The number of nitrogens with two attached hydrogens (primary N) is 2. The van der Waals surface area contributed by atoms with E-state index in [1.807, 2.05) is 26.2 Å². The highest BCUT2D eigenvalue weighted by Gasteiger charge is 2.38. The number of hydrogen-bond donors (Lipinski definition) is 3. The summed E-state index contributed by atoms with van der Waals surface area (Å²) in [4.78, 5) is 41.3. The molecule has 10 nitrogen and oxygen atoms in total. The summed E-state index contributed by atoms with van der Waals surface area (Å²) in [6.45, 7) is 6.33. The number of anilines is 2. The number of thiophene rings is 1. The summed E-state index contributed by atoms with van der Waals surface area (Å²) in [6.07, 6.45) is 0. The van der Waals surface area contributed by atoms with Crippen molar-refractivity contribution < 1.29 is 23.9 Å². The second-order valence-corrected chi connectivity index (χ2v) is 10.6. The third-order valence-corrected chi connectivity index (χ3v) is 6.77. The topological polar surface area (TPSA) is 150 Å². The zero-order valence-electron chi connectivity index (χ0n) is 19.4. The fraction of sp³-hybridized carbons (Fsp3) is 0.304. The Morgan fingerprint density at radius 3 is 2.46 bits per heavy atom. The number of hydrogen-bond acceptors (Lipinski definition) is 9. The van der Waals surface area contributed by atoms with Gasteiger partial charge >= 0.3 is 0 Å². The summed E-state index contributed by atoms with van der Waals surface area (Å²) in [6, 6.07) is 7.54. The SMILES string of the molecule is CC(C)(C)NC(=O)[C@@H](c1cccs1)N(C(=O)c1snc(C(N)=O)c1N)c1ccc2c(c1)OCCO2. The van der Waals surface area contributed by atoms with Gasteiger partial charge in [0.15, 0.2) is 23.2 Å². The van der Waals surface area contributed by atoms with Crippen molar-refractivity contribution in [1.82, 2.24) is 9.69 Å². The number of benzene rings is 1. The van der Waals surface area contributed by atoms with Crippen LogP contribution in [0.15, 0.2) is 35.7 Å². The third kappa shape index (κ3) is 5.08. The lowest BCUT2D eigenvalue weighted by atomic mass is 10.1. The van der Waals surface area contributed by atoms with Gasteiger partial charge in [-0.05, 0) is 55.9 Å². The Bertz CT molecular complexity index is 1270. The van der Waals surface area contributed by atoms with Crippen LogP contribution < -0.4 is 31.2 Å². The van der Waals surface area contributed by atoms with Crippen LogP contribution in [0.1, 0.15) is 51.9 Å². The van der Waals surface area contributed by atoms with Gasteiger partial charge in [-0.15, -0.1) is 11.3 Å². The van der Waals surface area contributed by atoms with Gasteiger partial charge in [0.2, 0.25) is 5.91 Å². The molecule has 0 saturated heterocycles. The van der Waals surface area contributed by atoms with Crippen LogP contribution >= 0.6 is 22.9 Å². The molecule has 0 fully saturated rings. The molecular formula is C23H25N5O5S2. The summed E-state index contributed by atoms with van der Waals surface area (Å²) in [5, 5.41) is 4.79. The molecule has 4 rings (SSSR count). The van der Waals surface area contributed by atoms with E-state index in [-0.39, 0.29) is 22.2 Å². The zero-order valence-corrected chi connectivity index (χ0v) is 21.0. The molecule has 1 aliphatic rings. The molecule has 5 N–H and O–H groups in total. The Morgan fingerprint density at radius 1 is 1.14 bits per heavy atom. The van der Waals surface area contributed by atoms with Crippen LogP contribution in [-0.2, 0) is 4.79 Å². The van der Waals surface area contributed by atoms with Crippen molar-refractivity contribution in [3.05, 3.63) is 51.2 Å². The molecule has 0 aliphatic carbocycles. The van der Waals surface area contributed by atoms with Gasteiger partial charge in [-0.2, -0.15) is 4.37 Å².